The summed E-state index contributed by atoms with van der Waals surface area (Å²) in [5.41, 5.74) is 1.16. The van der Waals surface area contributed by atoms with Crippen molar-refractivity contribution in [3.8, 4) is 0 Å². The standard InChI is InChI=1S/C16H27NO3/c1-11-8-16(13(3)20-11)12(2)17-9-14(18)10-19-15-6-4-5-7-15/h8,12,14-15,17-18H,4-7,9-10H2,1-3H3. The summed E-state index contributed by atoms with van der Waals surface area (Å²) in [6.45, 7) is 6.97. The van der Waals surface area contributed by atoms with Gasteiger partial charge in [-0.05, 0) is 39.7 Å². The van der Waals surface area contributed by atoms with Crippen LogP contribution in [0.3, 0.4) is 0 Å². The summed E-state index contributed by atoms with van der Waals surface area (Å²) < 4.78 is 11.3. The number of ether oxygens (including phenoxy) is 1. The van der Waals surface area contributed by atoms with Gasteiger partial charge in [-0.15, -0.1) is 0 Å². The molecule has 0 saturated heterocycles. The fourth-order valence-corrected chi connectivity index (χ4v) is 2.86. The molecule has 1 heterocycles. The SMILES string of the molecule is Cc1cc(C(C)NCC(O)COC2CCCC2)c(C)o1. The van der Waals surface area contributed by atoms with Crippen LogP contribution >= 0.6 is 0 Å². The lowest BCUT2D eigenvalue weighted by Gasteiger charge is -2.18. The Morgan fingerprint density at radius 3 is 2.70 bits per heavy atom. The molecule has 0 amide bonds. The van der Waals surface area contributed by atoms with Crippen molar-refractivity contribution in [2.24, 2.45) is 0 Å². The fourth-order valence-electron chi connectivity index (χ4n) is 2.86. The Labute approximate surface area is 121 Å². The van der Waals surface area contributed by atoms with E-state index in [9.17, 15) is 5.11 Å². The molecule has 0 spiro atoms. The average molecular weight is 281 g/mol. The molecule has 1 aliphatic carbocycles. The highest BCUT2D eigenvalue weighted by Gasteiger charge is 2.18. The summed E-state index contributed by atoms with van der Waals surface area (Å²) in [6, 6.07) is 2.22. The van der Waals surface area contributed by atoms with Gasteiger partial charge in [-0.3, -0.25) is 0 Å². The van der Waals surface area contributed by atoms with E-state index >= 15 is 0 Å². The number of hydrogen-bond acceptors (Lipinski definition) is 4. The maximum absolute atomic E-state index is 9.97. The van der Waals surface area contributed by atoms with Gasteiger partial charge in [0.15, 0.2) is 0 Å². The predicted octanol–water partition coefficient (Wildman–Crippen LogP) is 2.87. The zero-order valence-corrected chi connectivity index (χ0v) is 12.8. The van der Waals surface area contributed by atoms with Crippen LogP contribution in [-0.2, 0) is 4.74 Å². The van der Waals surface area contributed by atoms with Gasteiger partial charge < -0.3 is 19.6 Å². The number of aryl methyl sites for hydroxylation is 2. The molecule has 4 nitrogen and oxygen atoms in total. The van der Waals surface area contributed by atoms with E-state index in [0.717, 1.165) is 29.9 Å². The number of nitrogens with one attached hydrogen (secondary N) is 1. The van der Waals surface area contributed by atoms with Gasteiger partial charge >= 0.3 is 0 Å². The Kier molecular flexibility index (Phi) is 5.64. The highest BCUT2D eigenvalue weighted by molar-refractivity contribution is 5.23. The summed E-state index contributed by atoms with van der Waals surface area (Å²) in [5.74, 6) is 1.87. The van der Waals surface area contributed by atoms with Crippen molar-refractivity contribution in [3.05, 3.63) is 23.2 Å². The van der Waals surface area contributed by atoms with Gasteiger partial charge in [-0.1, -0.05) is 12.8 Å². The maximum atomic E-state index is 9.97. The minimum absolute atomic E-state index is 0.175. The quantitative estimate of drug-likeness (QED) is 0.807. The zero-order valence-electron chi connectivity index (χ0n) is 12.8. The fraction of sp³-hybridized carbons (Fsp3) is 0.750. The molecule has 0 aromatic carbocycles. The van der Waals surface area contributed by atoms with Crippen LogP contribution in [0, 0.1) is 13.8 Å². The molecule has 1 saturated carbocycles. The van der Waals surface area contributed by atoms with Gasteiger partial charge in [0.25, 0.3) is 0 Å². The van der Waals surface area contributed by atoms with Crippen LogP contribution in [0.15, 0.2) is 10.5 Å². The van der Waals surface area contributed by atoms with Gasteiger partial charge in [-0.2, -0.15) is 0 Å². The Morgan fingerprint density at radius 1 is 1.40 bits per heavy atom. The molecule has 0 bridgehead atoms. The zero-order chi connectivity index (χ0) is 14.5. The molecule has 2 N–H and O–H groups in total. The van der Waals surface area contributed by atoms with E-state index in [1.165, 1.54) is 12.8 Å². The van der Waals surface area contributed by atoms with Gasteiger partial charge in [-0.25, -0.2) is 0 Å². The Balaban J connectivity index is 1.69. The first-order valence-electron chi connectivity index (χ1n) is 7.66. The predicted molar refractivity (Wildman–Crippen MR) is 78.8 cm³/mol. The summed E-state index contributed by atoms with van der Waals surface area (Å²) in [5, 5.41) is 13.3. The molecule has 1 fully saturated rings. The Morgan fingerprint density at radius 2 is 2.10 bits per heavy atom. The highest BCUT2D eigenvalue weighted by atomic mass is 16.5. The molecule has 1 aliphatic rings. The van der Waals surface area contributed by atoms with Crippen LogP contribution in [-0.4, -0.2) is 30.5 Å². The summed E-state index contributed by atoms with van der Waals surface area (Å²) in [6.07, 6.45) is 4.71. The topological polar surface area (TPSA) is 54.6 Å². The van der Waals surface area contributed by atoms with Crippen LogP contribution in [0.1, 0.15) is 55.7 Å². The first kappa shape index (κ1) is 15.5. The molecule has 114 valence electrons. The van der Waals surface area contributed by atoms with E-state index in [4.69, 9.17) is 9.15 Å². The van der Waals surface area contributed by atoms with Gasteiger partial charge in [0.1, 0.15) is 11.5 Å². The van der Waals surface area contributed by atoms with Gasteiger partial charge in [0, 0.05) is 18.2 Å². The van der Waals surface area contributed by atoms with Crippen molar-refractivity contribution in [2.75, 3.05) is 13.2 Å². The summed E-state index contributed by atoms with van der Waals surface area (Å²) in [7, 11) is 0. The number of aliphatic hydroxyl groups excluding tert-OH is 1. The molecule has 0 radical (unpaired) electrons. The van der Waals surface area contributed by atoms with Crippen LogP contribution in [0.2, 0.25) is 0 Å². The molecular formula is C16H27NO3. The number of rotatable bonds is 7. The third kappa shape index (κ3) is 4.33. The lowest BCUT2D eigenvalue weighted by Crippen LogP contribution is -2.33. The third-order valence-corrected chi connectivity index (χ3v) is 4.03. The van der Waals surface area contributed by atoms with E-state index in [2.05, 4.69) is 18.3 Å². The highest BCUT2D eigenvalue weighted by Crippen LogP contribution is 2.22. The maximum Gasteiger partial charge on any atom is 0.105 e. The third-order valence-electron chi connectivity index (χ3n) is 4.03. The molecule has 1 aromatic heterocycles. The number of aliphatic hydroxyl groups is 1. The smallest absolute Gasteiger partial charge is 0.105 e. The second-order valence-electron chi connectivity index (χ2n) is 5.89. The van der Waals surface area contributed by atoms with Gasteiger partial charge in [0.05, 0.1) is 18.8 Å². The van der Waals surface area contributed by atoms with E-state index in [1.807, 2.05) is 13.8 Å². The van der Waals surface area contributed by atoms with Crippen molar-refractivity contribution in [1.82, 2.24) is 5.32 Å². The second-order valence-corrected chi connectivity index (χ2v) is 5.89. The molecule has 2 atom stereocenters. The molecule has 20 heavy (non-hydrogen) atoms. The number of hydrogen-bond donors (Lipinski definition) is 2. The lowest BCUT2D eigenvalue weighted by atomic mass is 10.1. The molecule has 2 rings (SSSR count). The Hall–Kier alpha value is -0.840. The van der Waals surface area contributed by atoms with Crippen molar-refractivity contribution in [2.45, 2.75) is 64.7 Å². The minimum atomic E-state index is -0.452. The van der Waals surface area contributed by atoms with Crippen LogP contribution in [0.4, 0.5) is 0 Å². The van der Waals surface area contributed by atoms with E-state index in [-0.39, 0.29) is 6.04 Å². The number of furan rings is 1. The van der Waals surface area contributed by atoms with E-state index < -0.39 is 6.10 Å². The molecule has 1 aromatic rings. The lowest BCUT2D eigenvalue weighted by molar-refractivity contribution is -0.00611. The second kappa shape index (κ2) is 7.25. The van der Waals surface area contributed by atoms with Gasteiger partial charge in [0.2, 0.25) is 0 Å². The summed E-state index contributed by atoms with van der Waals surface area (Å²) in [4.78, 5) is 0. The molecule has 0 aliphatic heterocycles. The minimum Gasteiger partial charge on any atom is -0.466 e. The van der Waals surface area contributed by atoms with Crippen molar-refractivity contribution in [1.29, 1.82) is 0 Å². The van der Waals surface area contributed by atoms with E-state index in [0.29, 0.717) is 19.3 Å². The Bertz CT molecular complexity index is 410. The molecular weight excluding hydrogens is 254 g/mol. The first-order valence-corrected chi connectivity index (χ1v) is 7.66. The first-order chi connectivity index (χ1) is 9.56. The van der Waals surface area contributed by atoms with Crippen LogP contribution in [0.5, 0.6) is 0 Å². The van der Waals surface area contributed by atoms with Crippen molar-refractivity contribution < 1.29 is 14.3 Å². The summed E-state index contributed by atoms with van der Waals surface area (Å²) >= 11 is 0. The molecule has 2 unspecified atom stereocenters. The van der Waals surface area contributed by atoms with Crippen LogP contribution in [0.25, 0.3) is 0 Å². The molecule has 4 heteroatoms. The normalized spacial score (nSPS) is 19.4. The monoisotopic (exact) mass is 281 g/mol. The van der Waals surface area contributed by atoms with Crippen molar-refractivity contribution >= 4 is 0 Å². The van der Waals surface area contributed by atoms with E-state index in [1.54, 1.807) is 0 Å². The largest absolute Gasteiger partial charge is 0.466 e. The van der Waals surface area contributed by atoms with Crippen molar-refractivity contribution in [3.63, 3.8) is 0 Å². The van der Waals surface area contributed by atoms with Crippen LogP contribution < -0.4 is 5.32 Å². The average Bonchev–Trinajstić information content (AvgIpc) is 3.03.